The number of hydrogen-bond donors (Lipinski definition) is 0. The van der Waals surface area contributed by atoms with Crippen LogP contribution in [0.5, 0.6) is 0 Å². The maximum Gasteiger partial charge on any atom is 0.412 e. The lowest BCUT2D eigenvalue weighted by molar-refractivity contribution is -0.0404. The third-order valence-electron chi connectivity index (χ3n) is 5.39. The van der Waals surface area contributed by atoms with Crippen molar-refractivity contribution in [1.82, 2.24) is 4.90 Å². The standard InChI is InChI=1S/C17H35NO3Si/c1-12-11-13(22(9,10)17(5,6)7)14(20-8)18(12)15(19)21-16(2,3)4/h12-14H,11H2,1-10H3/t12-,13-,14?/m1/s1. The summed E-state index contributed by atoms with van der Waals surface area (Å²) in [4.78, 5) is 14.4. The zero-order chi connectivity index (χ0) is 17.5. The highest BCUT2D eigenvalue weighted by molar-refractivity contribution is 6.81. The molecule has 0 N–H and O–H groups in total. The van der Waals surface area contributed by atoms with E-state index in [2.05, 4.69) is 40.8 Å². The van der Waals surface area contributed by atoms with Gasteiger partial charge in [0.05, 0.1) is 8.07 Å². The summed E-state index contributed by atoms with van der Waals surface area (Å²) >= 11 is 0. The summed E-state index contributed by atoms with van der Waals surface area (Å²) in [5.41, 5.74) is -0.0653. The number of amides is 1. The Labute approximate surface area is 137 Å². The molecule has 0 aromatic carbocycles. The van der Waals surface area contributed by atoms with Gasteiger partial charge in [-0.2, -0.15) is 0 Å². The first-order valence-corrected chi connectivity index (χ1v) is 11.3. The van der Waals surface area contributed by atoms with Gasteiger partial charge in [0.1, 0.15) is 11.8 Å². The minimum Gasteiger partial charge on any atom is -0.444 e. The fraction of sp³-hybridized carbons (Fsp3) is 0.941. The Balaban J connectivity index is 3.07. The predicted molar refractivity (Wildman–Crippen MR) is 93.9 cm³/mol. The SMILES string of the molecule is COC1[C@H]([Si](C)(C)C(C)(C)C)C[C@@H](C)N1C(=O)OC(C)(C)C. The van der Waals surface area contributed by atoms with Crippen LogP contribution in [0.2, 0.25) is 23.7 Å². The van der Waals surface area contributed by atoms with Crippen LogP contribution in [0.3, 0.4) is 0 Å². The Bertz CT molecular complexity index is 409. The first kappa shape index (κ1) is 19.5. The molecule has 22 heavy (non-hydrogen) atoms. The van der Waals surface area contributed by atoms with E-state index in [1.807, 2.05) is 25.7 Å². The molecule has 1 amide bonds. The Kier molecular flexibility index (Phi) is 5.45. The van der Waals surface area contributed by atoms with E-state index in [9.17, 15) is 4.79 Å². The lowest BCUT2D eigenvalue weighted by Crippen LogP contribution is -2.50. The van der Waals surface area contributed by atoms with E-state index in [4.69, 9.17) is 9.47 Å². The molecule has 0 aromatic rings. The van der Waals surface area contributed by atoms with Crippen LogP contribution in [0.15, 0.2) is 0 Å². The number of methoxy groups -OCH3 is 1. The predicted octanol–water partition coefficient (Wildman–Crippen LogP) is 4.87. The van der Waals surface area contributed by atoms with Crippen molar-refractivity contribution in [3.63, 3.8) is 0 Å². The van der Waals surface area contributed by atoms with Crippen molar-refractivity contribution in [3.05, 3.63) is 0 Å². The van der Waals surface area contributed by atoms with Gasteiger partial charge in [-0.05, 0) is 39.2 Å². The molecule has 1 saturated heterocycles. The second-order valence-electron chi connectivity index (χ2n) is 9.18. The maximum absolute atomic E-state index is 12.6. The van der Waals surface area contributed by atoms with Crippen LogP contribution in [-0.4, -0.2) is 44.0 Å². The summed E-state index contributed by atoms with van der Waals surface area (Å²) in [6.45, 7) is 19.6. The minimum atomic E-state index is -1.62. The quantitative estimate of drug-likeness (QED) is 0.679. The van der Waals surface area contributed by atoms with Gasteiger partial charge in [0.2, 0.25) is 0 Å². The molecule has 0 saturated carbocycles. The molecule has 1 aliphatic heterocycles. The van der Waals surface area contributed by atoms with Crippen molar-refractivity contribution in [2.24, 2.45) is 0 Å². The molecule has 1 aliphatic rings. The van der Waals surface area contributed by atoms with Gasteiger partial charge in [0, 0.05) is 18.7 Å². The van der Waals surface area contributed by atoms with Gasteiger partial charge in [-0.1, -0.05) is 33.9 Å². The van der Waals surface area contributed by atoms with E-state index >= 15 is 0 Å². The zero-order valence-corrected chi connectivity index (χ0v) is 17.1. The highest BCUT2D eigenvalue weighted by Crippen LogP contribution is 2.51. The van der Waals surface area contributed by atoms with E-state index in [0.717, 1.165) is 6.42 Å². The molecule has 0 aromatic heterocycles. The van der Waals surface area contributed by atoms with Gasteiger partial charge < -0.3 is 9.47 Å². The summed E-state index contributed by atoms with van der Waals surface area (Å²) < 4.78 is 11.4. The lowest BCUT2D eigenvalue weighted by atomic mass is 10.2. The second kappa shape index (κ2) is 6.15. The average Bonchev–Trinajstić information content (AvgIpc) is 2.62. The summed E-state index contributed by atoms with van der Waals surface area (Å²) in [7, 11) is 0.0901. The molecule has 5 heteroatoms. The van der Waals surface area contributed by atoms with Crippen LogP contribution in [0.4, 0.5) is 4.79 Å². The van der Waals surface area contributed by atoms with E-state index in [1.54, 1.807) is 7.11 Å². The van der Waals surface area contributed by atoms with Crippen molar-refractivity contribution in [3.8, 4) is 0 Å². The Morgan fingerprint density at radius 3 is 2.00 bits per heavy atom. The maximum atomic E-state index is 12.6. The van der Waals surface area contributed by atoms with Crippen LogP contribution in [0.1, 0.15) is 54.9 Å². The molecule has 1 rings (SSSR count). The molecule has 3 atom stereocenters. The van der Waals surface area contributed by atoms with Gasteiger partial charge in [-0.25, -0.2) is 4.79 Å². The lowest BCUT2D eigenvalue weighted by Gasteiger charge is -2.44. The number of rotatable bonds is 2. The van der Waals surface area contributed by atoms with Crippen molar-refractivity contribution in [2.45, 2.75) is 96.4 Å². The number of likely N-dealkylation sites (tertiary alicyclic amines) is 1. The Morgan fingerprint density at radius 1 is 1.14 bits per heavy atom. The highest BCUT2D eigenvalue weighted by Gasteiger charge is 2.54. The van der Waals surface area contributed by atoms with Crippen molar-refractivity contribution in [1.29, 1.82) is 0 Å². The number of nitrogens with zero attached hydrogens (tertiary/aromatic N) is 1. The summed E-state index contributed by atoms with van der Waals surface area (Å²) in [5.74, 6) is 0. The molecular weight excluding hydrogens is 294 g/mol. The zero-order valence-electron chi connectivity index (χ0n) is 16.1. The van der Waals surface area contributed by atoms with E-state index in [1.165, 1.54) is 0 Å². The van der Waals surface area contributed by atoms with Gasteiger partial charge in [-0.3, -0.25) is 4.90 Å². The largest absolute Gasteiger partial charge is 0.444 e. The number of carbonyl (C=O) groups excluding carboxylic acids is 1. The third-order valence-corrected chi connectivity index (χ3v) is 11.6. The Morgan fingerprint density at radius 2 is 1.64 bits per heavy atom. The third kappa shape index (κ3) is 3.85. The van der Waals surface area contributed by atoms with Crippen LogP contribution < -0.4 is 0 Å². The first-order chi connectivity index (χ1) is 9.72. The average molecular weight is 330 g/mol. The van der Waals surface area contributed by atoms with Crippen LogP contribution in [0, 0.1) is 0 Å². The van der Waals surface area contributed by atoms with Crippen molar-refractivity contribution in [2.75, 3.05) is 7.11 Å². The van der Waals surface area contributed by atoms with Gasteiger partial charge in [0.15, 0.2) is 0 Å². The molecule has 130 valence electrons. The monoisotopic (exact) mass is 329 g/mol. The normalized spacial score (nSPS) is 27.2. The summed E-state index contributed by atoms with van der Waals surface area (Å²) in [6, 6.07) is 0.152. The highest BCUT2D eigenvalue weighted by atomic mass is 28.3. The van der Waals surface area contributed by atoms with Gasteiger partial charge >= 0.3 is 6.09 Å². The molecular formula is C17H35NO3Si. The first-order valence-electron chi connectivity index (χ1n) is 8.26. The molecule has 0 radical (unpaired) electrons. The summed E-state index contributed by atoms with van der Waals surface area (Å²) in [6.07, 6.45) is 0.563. The van der Waals surface area contributed by atoms with Gasteiger partial charge in [-0.15, -0.1) is 0 Å². The topological polar surface area (TPSA) is 38.8 Å². The molecule has 1 unspecified atom stereocenters. The van der Waals surface area contributed by atoms with E-state index in [-0.39, 0.29) is 23.4 Å². The fourth-order valence-corrected chi connectivity index (χ4v) is 6.18. The summed E-state index contributed by atoms with van der Waals surface area (Å²) in [5, 5.41) is 0.262. The number of hydrogen-bond acceptors (Lipinski definition) is 3. The van der Waals surface area contributed by atoms with Crippen LogP contribution >= 0.6 is 0 Å². The Hall–Kier alpha value is -0.553. The van der Waals surface area contributed by atoms with Crippen molar-refractivity contribution >= 4 is 14.2 Å². The molecule has 0 spiro atoms. The van der Waals surface area contributed by atoms with Crippen LogP contribution in [0.25, 0.3) is 0 Å². The fourth-order valence-electron chi connectivity index (χ4n) is 3.13. The van der Waals surface area contributed by atoms with Crippen molar-refractivity contribution < 1.29 is 14.3 Å². The van der Waals surface area contributed by atoms with Gasteiger partial charge in [0.25, 0.3) is 0 Å². The molecule has 1 heterocycles. The molecule has 4 nitrogen and oxygen atoms in total. The molecule has 1 fully saturated rings. The van der Waals surface area contributed by atoms with Crippen LogP contribution in [-0.2, 0) is 9.47 Å². The van der Waals surface area contributed by atoms with E-state index < -0.39 is 13.7 Å². The smallest absolute Gasteiger partial charge is 0.412 e. The number of carbonyl (C=O) groups is 1. The molecule has 0 aliphatic carbocycles. The minimum absolute atomic E-state index is 0.152. The second-order valence-corrected chi connectivity index (χ2v) is 14.9. The number of ether oxygens (including phenoxy) is 2. The van der Waals surface area contributed by atoms with E-state index in [0.29, 0.717) is 5.54 Å². The molecule has 0 bridgehead atoms.